The van der Waals surface area contributed by atoms with Crippen molar-refractivity contribution in [2.75, 3.05) is 36.4 Å². The Hall–Kier alpha value is -3.48. The molecule has 0 saturated carbocycles. The fourth-order valence-electron chi connectivity index (χ4n) is 3.33. The normalized spacial score (nSPS) is 14.4. The molecule has 1 fully saturated rings. The number of nitrogens with one attached hydrogen (secondary N) is 1. The average Bonchev–Trinajstić information content (AvgIpc) is 2.74. The van der Waals surface area contributed by atoms with Crippen molar-refractivity contribution in [1.29, 1.82) is 0 Å². The molecule has 1 saturated heterocycles. The van der Waals surface area contributed by atoms with Crippen LogP contribution in [0.3, 0.4) is 0 Å². The summed E-state index contributed by atoms with van der Waals surface area (Å²) in [7, 11) is 0. The van der Waals surface area contributed by atoms with Crippen LogP contribution in [0.25, 0.3) is 0 Å². The predicted molar refractivity (Wildman–Crippen MR) is 114 cm³/mol. The summed E-state index contributed by atoms with van der Waals surface area (Å²) >= 11 is 0. The molecule has 2 amide bonds. The number of para-hydroxylation sites is 1. The van der Waals surface area contributed by atoms with E-state index in [2.05, 4.69) is 5.32 Å². The third-order valence-electron chi connectivity index (χ3n) is 5.00. The molecule has 3 rings (SSSR count). The van der Waals surface area contributed by atoms with Gasteiger partial charge in [-0.25, -0.2) is 4.39 Å². The number of hydrogen-bond acceptors (Lipinski definition) is 4. The van der Waals surface area contributed by atoms with Gasteiger partial charge in [0.1, 0.15) is 5.82 Å². The molecular formula is C23H24FN3O3. The fourth-order valence-corrected chi connectivity index (χ4v) is 3.33. The minimum absolute atomic E-state index is 0.0516. The maximum Gasteiger partial charge on any atom is 0.249 e. The Morgan fingerprint density at radius 1 is 0.933 bits per heavy atom. The Kier molecular flexibility index (Phi) is 6.61. The van der Waals surface area contributed by atoms with Crippen molar-refractivity contribution in [2.24, 2.45) is 0 Å². The summed E-state index contributed by atoms with van der Waals surface area (Å²) in [6.45, 7) is 5.02. The highest BCUT2D eigenvalue weighted by molar-refractivity contribution is 6.06. The molecule has 2 aromatic rings. The second-order valence-electron chi connectivity index (χ2n) is 7.18. The molecule has 0 unspecified atom stereocenters. The van der Waals surface area contributed by atoms with E-state index in [1.54, 1.807) is 54.3 Å². The molecule has 0 spiro atoms. The number of benzene rings is 2. The first kappa shape index (κ1) is 21.2. The lowest BCUT2D eigenvalue weighted by Crippen LogP contribution is -2.49. The summed E-state index contributed by atoms with van der Waals surface area (Å²) in [6.07, 6.45) is 1.27. The molecule has 1 N–H and O–H groups in total. The molecule has 0 aromatic heterocycles. The summed E-state index contributed by atoms with van der Waals surface area (Å²) in [6, 6.07) is 13.1. The Labute approximate surface area is 175 Å². The summed E-state index contributed by atoms with van der Waals surface area (Å²) in [4.78, 5) is 39.8. The predicted octanol–water partition coefficient (Wildman–Crippen LogP) is 3.26. The lowest BCUT2D eigenvalue weighted by Gasteiger charge is -2.36. The molecule has 1 heterocycles. The third kappa shape index (κ3) is 5.11. The number of amides is 2. The van der Waals surface area contributed by atoms with E-state index in [0.29, 0.717) is 48.7 Å². The van der Waals surface area contributed by atoms with Gasteiger partial charge in [0.25, 0.3) is 0 Å². The largest absolute Gasteiger partial charge is 0.366 e. The van der Waals surface area contributed by atoms with Gasteiger partial charge in [0.05, 0.1) is 5.69 Å². The van der Waals surface area contributed by atoms with Crippen LogP contribution in [0.5, 0.6) is 0 Å². The molecule has 30 heavy (non-hydrogen) atoms. The van der Waals surface area contributed by atoms with Crippen LogP contribution in [0.2, 0.25) is 0 Å². The van der Waals surface area contributed by atoms with Gasteiger partial charge in [-0.2, -0.15) is 0 Å². The number of carbonyl (C=O) groups is 3. The topological polar surface area (TPSA) is 69.7 Å². The van der Waals surface area contributed by atoms with E-state index in [0.717, 1.165) is 0 Å². The molecule has 7 heteroatoms. The van der Waals surface area contributed by atoms with E-state index in [-0.39, 0.29) is 17.5 Å². The number of ketones is 1. The van der Waals surface area contributed by atoms with Crippen LogP contribution >= 0.6 is 0 Å². The first-order chi connectivity index (χ1) is 14.3. The number of Topliss-reactive ketones (excluding diaryl/α,β-unsaturated/α-hetero) is 1. The highest BCUT2D eigenvalue weighted by Crippen LogP contribution is 2.20. The van der Waals surface area contributed by atoms with Gasteiger partial charge in [-0.3, -0.25) is 14.4 Å². The van der Waals surface area contributed by atoms with E-state index in [9.17, 15) is 18.8 Å². The number of halogens is 1. The highest BCUT2D eigenvalue weighted by Gasteiger charge is 2.23. The first-order valence-electron chi connectivity index (χ1n) is 9.74. The zero-order chi connectivity index (χ0) is 21.7. The van der Waals surface area contributed by atoms with Gasteiger partial charge in [0.2, 0.25) is 11.8 Å². The van der Waals surface area contributed by atoms with Crippen LogP contribution < -0.4 is 10.2 Å². The fraction of sp³-hybridized carbons (Fsp3) is 0.261. The summed E-state index contributed by atoms with van der Waals surface area (Å²) in [5.74, 6) is -0.961. The number of hydrogen-bond donors (Lipinski definition) is 1. The van der Waals surface area contributed by atoms with Crippen molar-refractivity contribution in [2.45, 2.75) is 13.8 Å². The van der Waals surface area contributed by atoms with Crippen LogP contribution in [0, 0.1) is 5.82 Å². The zero-order valence-corrected chi connectivity index (χ0v) is 17.0. The van der Waals surface area contributed by atoms with E-state index in [1.807, 2.05) is 4.90 Å². The Morgan fingerprint density at radius 2 is 1.57 bits per heavy atom. The van der Waals surface area contributed by atoms with Gasteiger partial charge in [0, 0.05) is 49.1 Å². The number of anilines is 2. The molecular weight excluding hydrogens is 385 g/mol. The standard InChI is InChI=1S/C23H24FN3O3/c1-16(15-22(29)25-19-9-7-18(8-10-19)17(2)28)23(30)27-13-11-26(12-14-27)21-6-4-3-5-20(21)24/h3-10,15H,11-14H2,1-2H3,(H,25,29)/b16-15-. The van der Waals surface area contributed by atoms with Gasteiger partial charge in [-0.1, -0.05) is 12.1 Å². The van der Waals surface area contributed by atoms with Gasteiger partial charge < -0.3 is 15.1 Å². The number of rotatable bonds is 5. The summed E-state index contributed by atoms with van der Waals surface area (Å²) in [5.41, 5.74) is 1.96. The van der Waals surface area contributed by atoms with E-state index in [4.69, 9.17) is 0 Å². The van der Waals surface area contributed by atoms with E-state index >= 15 is 0 Å². The Balaban J connectivity index is 1.56. The van der Waals surface area contributed by atoms with E-state index in [1.165, 1.54) is 19.1 Å². The highest BCUT2D eigenvalue weighted by atomic mass is 19.1. The lowest BCUT2D eigenvalue weighted by atomic mass is 10.1. The third-order valence-corrected chi connectivity index (χ3v) is 5.00. The molecule has 0 bridgehead atoms. The average molecular weight is 409 g/mol. The van der Waals surface area contributed by atoms with Crippen molar-refractivity contribution in [3.63, 3.8) is 0 Å². The smallest absolute Gasteiger partial charge is 0.249 e. The maximum atomic E-state index is 13.9. The van der Waals surface area contributed by atoms with Crippen LogP contribution in [0.1, 0.15) is 24.2 Å². The lowest BCUT2D eigenvalue weighted by molar-refractivity contribution is -0.127. The second kappa shape index (κ2) is 9.35. The van der Waals surface area contributed by atoms with Crippen LogP contribution in [-0.4, -0.2) is 48.7 Å². The van der Waals surface area contributed by atoms with Gasteiger partial charge in [-0.15, -0.1) is 0 Å². The van der Waals surface area contributed by atoms with Crippen molar-refractivity contribution in [3.8, 4) is 0 Å². The minimum Gasteiger partial charge on any atom is -0.366 e. The van der Waals surface area contributed by atoms with E-state index < -0.39 is 5.91 Å². The van der Waals surface area contributed by atoms with Crippen LogP contribution in [-0.2, 0) is 9.59 Å². The van der Waals surface area contributed by atoms with Crippen molar-refractivity contribution >= 4 is 29.0 Å². The first-order valence-corrected chi connectivity index (χ1v) is 9.74. The van der Waals surface area contributed by atoms with Crippen molar-refractivity contribution in [3.05, 3.63) is 71.6 Å². The number of piperazine rings is 1. The molecule has 0 atom stereocenters. The molecule has 0 aliphatic carbocycles. The minimum atomic E-state index is -0.415. The van der Waals surface area contributed by atoms with Gasteiger partial charge >= 0.3 is 0 Å². The molecule has 2 aromatic carbocycles. The summed E-state index contributed by atoms with van der Waals surface area (Å²) in [5, 5.41) is 2.68. The maximum absolute atomic E-state index is 13.9. The zero-order valence-electron chi connectivity index (χ0n) is 17.0. The number of nitrogens with zero attached hydrogens (tertiary/aromatic N) is 2. The van der Waals surface area contributed by atoms with Crippen molar-refractivity contribution < 1.29 is 18.8 Å². The van der Waals surface area contributed by atoms with Crippen LogP contribution in [0.15, 0.2) is 60.2 Å². The van der Waals surface area contributed by atoms with Gasteiger partial charge in [-0.05, 0) is 50.2 Å². The molecule has 6 nitrogen and oxygen atoms in total. The quantitative estimate of drug-likeness (QED) is 0.608. The SMILES string of the molecule is CC(=O)c1ccc(NC(=O)/C=C(/C)C(=O)N2CCN(c3ccccc3F)CC2)cc1. The molecule has 1 aliphatic heterocycles. The van der Waals surface area contributed by atoms with Gasteiger partial charge in [0.15, 0.2) is 5.78 Å². The molecule has 0 radical (unpaired) electrons. The Morgan fingerprint density at radius 3 is 2.17 bits per heavy atom. The second-order valence-corrected chi connectivity index (χ2v) is 7.18. The summed E-state index contributed by atoms with van der Waals surface area (Å²) < 4.78 is 13.9. The molecule has 156 valence electrons. The van der Waals surface area contributed by atoms with Crippen LogP contribution in [0.4, 0.5) is 15.8 Å². The van der Waals surface area contributed by atoms with Crippen molar-refractivity contribution in [1.82, 2.24) is 4.90 Å². The molecule has 1 aliphatic rings. The monoisotopic (exact) mass is 409 g/mol. The number of carbonyl (C=O) groups excluding carboxylic acids is 3. The Bertz CT molecular complexity index is 977.